The average Bonchev–Trinajstić information content (AvgIpc) is 3.02. The van der Waals surface area contributed by atoms with E-state index in [2.05, 4.69) is 32.2 Å². The third kappa shape index (κ3) is 4.64. The Labute approximate surface area is 140 Å². The second-order valence-corrected chi connectivity index (χ2v) is 7.92. The zero-order chi connectivity index (χ0) is 14.5. The molecule has 0 unspecified atom stereocenters. The van der Waals surface area contributed by atoms with Crippen LogP contribution in [0, 0.1) is 0 Å². The lowest BCUT2D eigenvalue weighted by Gasteiger charge is -2.38. The molecule has 1 aromatic rings. The molecule has 1 aromatic heterocycles. The Morgan fingerprint density at radius 2 is 2.05 bits per heavy atom. The molecule has 0 amide bonds. The van der Waals surface area contributed by atoms with Gasteiger partial charge in [0.25, 0.3) is 0 Å². The molecule has 116 valence electrons. The maximum Gasteiger partial charge on any atom is 0.138 e. The van der Waals surface area contributed by atoms with E-state index in [1.165, 1.54) is 4.88 Å². The fourth-order valence-corrected chi connectivity index (χ4v) is 4.40. The number of hydrogen-bond acceptors (Lipinski definition) is 6. The highest BCUT2D eigenvalue weighted by atomic mass is 32.2. The number of thiophene rings is 1. The van der Waals surface area contributed by atoms with Crippen molar-refractivity contribution < 1.29 is 4.74 Å². The van der Waals surface area contributed by atoms with E-state index in [4.69, 9.17) is 17.0 Å². The highest BCUT2D eigenvalue weighted by molar-refractivity contribution is 8.22. The van der Waals surface area contributed by atoms with Gasteiger partial charge in [0.05, 0.1) is 25.8 Å². The van der Waals surface area contributed by atoms with Crippen molar-refractivity contribution in [1.29, 1.82) is 0 Å². The van der Waals surface area contributed by atoms with Crippen molar-refractivity contribution in [3.8, 4) is 0 Å². The summed E-state index contributed by atoms with van der Waals surface area (Å²) in [5.74, 6) is 1.00. The second-order valence-electron chi connectivity index (χ2n) is 5.31. The molecule has 0 bridgehead atoms. The average molecular weight is 344 g/mol. The molecule has 0 atom stereocenters. The van der Waals surface area contributed by atoms with Crippen molar-refractivity contribution in [2.75, 3.05) is 51.9 Å². The van der Waals surface area contributed by atoms with E-state index in [1.807, 2.05) is 11.3 Å². The second kappa shape index (κ2) is 7.89. The maximum atomic E-state index is 5.52. The molecular weight excluding hydrogens is 322 g/mol. The first-order chi connectivity index (χ1) is 10.3. The normalized spacial score (nSPS) is 21.9. The van der Waals surface area contributed by atoms with Gasteiger partial charge < -0.3 is 9.64 Å². The van der Waals surface area contributed by atoms with Crippen molar-refractivity contribution in [2.24, 2.45) is 0 Å². The fourth-order valence-electron chi connectivity index (χ4n) is 2.55. The van der Waals surface area contributed by atoms with Crippen molar-refractivity contribution in [2.45, 2.75) is 6.54 Å². The molecule has 2 saturated heterocycles. The largest absolute Gasteiger partial charge is 0.379 e. The predicted octanol–water partition coefficient (Wildman–Crippen LogP) is 2.13. The van der Waals surface area contributed by atoms with Crippen LogP contribution in [-0.2, 0) is 11.3 Å². The smallest absolute Gasteiger partial charge is 0.138 e. The number of hydrogen-bond donors (Lipinski definition) is 0. The van der Waals surface area contributed by atoms with E-state index >= 15 is 0 Å². The molecule has 3 heterocycles. The summed E-state index contributed by atoms with van der Waals surface area (Å²) in [7, 11) is 0. The third-order valence-corrected chi connectivity index (χ3v) is 6.22. The molecule has 2 aliphatic heterocycles. The van der Waals surface area contributed by atoms with Crippen molar-refractivity contribution in [3.63, 3.8) is 0 Å². The van der Waals surface area contributed by atoms with Crippen LogP contribution in [-0.4, -0.2) is 71.0 Å². The summed E-state index contributed by atoms with van der Waals surface area (Å²) in [5, 5.41) is 2.15. The Morgan fingerprint density at radius 3 is 2.81 bits per heavy atom. The lowest BCUT2D eigenvalue weighted by atomic mass is 10.4. The van der Waals surface area contributed by atoms with Gasteiger partial charge in [0, 0.05) is 37.6 Å². The predicted molar refractivity (Wildman–Crippen MR) is 93.8 cm³/mol. The zero-order valence-electron chi connectivity index (χ0n) is 12.1. The fraction of sp³-hybridized carbons (Fsp3) is 0.643. The summed E-state index contributed by atoms with van der Waals surface area (Å²) in [6.07, 6.45) is 0. The standard InChI is InChI=1S/C14H21N3OS3/c19-14-17(4-3-15-5-7-18-8-6-15)11-16(12-21-14)10-13-2-1-9-20-13/h1-2,9H,3-8,10-12H2. The number of ether oxygens (including phenoxy) is 1. The van der Waals surface area contributed by atoms with E-state index in [-0.39, 0.29) is 0 Å². The molecule has 0 aromatic carbocycles. The van der Waals surface area contributed by atoms with E-state index in [0.29, 0.717) is 0 Å². The molecule has 4 nitrogen and oxygen atoms in total. The molecule has 0 radical (unpaired) electrons. The van der Waals surface area contributed by atoms with Gasteiger partial charge in [-0.1, -0.05) is 30.0 Å². The van der Waals surface area contributed by atoms with Gasteiger partial charge in [-0.05, 0) is 11.4 Å². The van der Waals surface area contributed by atoms with E-state index < -0.39 is 0 Å². The van der Waals surface area contributed by atoms with Gasteiger partial charge in [0.2, 0.25) is 0 Å². The first-order valence-electron chi connectivity index (χ1n) is 7.28. The molecule has 0 saturated carbocycles. The van der Waals surface area contributed by atoms with Crippen LogP contribution in [0.2, 0.25) is 0 Å². The number of thioether (sulfide) groups is 1. The van der Waals surface area contributed by atoms with E-state index in [9.17, 15) is 0 Å². The van der Waals surface area contributed by atoms with Crippen LogP contribution in [0.4, 0.5) is 0 Å². The Hall–Kier alpha value is -0.180. The van der Waals surface area contributed by atoms with Gasteiger partial charge in [-0.3, -0.25) is 9.80 Å². The van der Waals surface area contributed by atoms with Gasteiger partial charge in [0.15, 0.2) is 0 Å². The minimum atomic E-state index is 0.865. The molecule has 0 spiro atoms. The Bertz CT molecular complexity index is 448. The zero-order valence-corrected chi connectivity index (χ0v) is 14.5. The van der Waals surface area contributed by atoms with E-state index in [0.717, 1.165) is 62.8 Å². The number of nitrogens with zero attached hydrogens (tertiary/aromatic N) is 3. The van der Waals surface area contributed by atoms with Crippen LogP contribution in [0.5, 0.6) is 0 Å². The third-order valence-electron chi connectivity index (χ3n) is 3.75. The molecule has 0 N–H and O–H groups in total. The minimum Gasteiger partial charge on any atom is -0.379 e. The van der Waals surface area contributed by atoms with E-state index in [1.54, 1.807) is 11.8 Å². The molecule has 21 heavy (non-hydrogen) atoms. The van der Waals surface area contributed by atoms with Crippen molar-refractivity contribution in [3.05, 3.63) is 22.4 Å². The lowest BCUT2D eigenvalue weighted by Crippen LogP contribution is -2.48. The van der Waals surface area contributed by atoms with Crippen LogP contribution < -0.4 is 0 Å². The first kappa shape index (κ1) is 15.7. The van der Waals surface area contributed by atoms with Crippen LogP contribution in [0.15, 0.2) is 17.5 Å². The number of rotatable bonds is 5. The van der Waals surface area contributed by atoms with Crippen LogP contribution in [0.25, 0.3) is 0 Å². The molecule has 0 aliphatic carbocycles. The van der Waals surface area contributed by atoms with Gasteiger partial charge >= 0.3 is 0 Å². The highest BCUT2D eigenvalue weighted by Crippen LogP contribution is 2.21. The van der Waals surface area contributed by atoms with Gasteiger partial charge in [-0.15, -0.1) is 11.3 Å². The summed E-state index contributed by atoms with van der Waals surface area (Å²) in [6.45, 7) is 7.91. The van der Waals surface area contributed by atoms with Gasteiger partial charge in [0.1, 0.15) is 4.32 Å². The minimum absolute atomic E-state index is 0.865. The van der Waals surface area contributed by atoms with Gasteiger partial charge in [-0.25, -0.2) is 0 Å². The lowest BCUT2D eigenvalue weighted by molar-refractivity contribution is 0.0344. The number of morpholine rings is 1. The quantitative estimate of drug-likeness (QED) is 0.757. The van der Waals surface area contributed by atoms with Crippen LogP contribution in [0.1, 0.15) is 4.88 Å². The molecule has 7 heteroatoms. The molecule has 2 fully saturated rings. The monoisotopic (exact) mass is 343 g/mol. The van der Waals surface area contributed by atoms with Crippen molar-refractivity contribution >= 4 is 39.6 Å². The molecule has 3 rings (SSSR count). The highest BCUT2D eigenvalue weighted by Gasteiger charge is 2.22. The maximum absolute atomic E-state index is 5.52. The number of thiocarbonyl (C=S) groups is 1. The summed E-state index contributed by atoms with van der Waals surface area (Å²) < 4.78 is 6.44. The summed E-state index contributed by atoms with van der Waals surface area (Å²) in [6, 6.07) is 4.33. The molecule has 2 aliphatic rings. The van der Waals surface area contributed by atoms with Crippen LogP contribution >= 0.6 is 35.3 Å². The summed E-state index contributed by atoms with van der Waals surface area (Å²) in [4.78, 5) is 8.70. The topological polar surface area (TPSA) is 19.0 Å². The summed E-state index contributed by atoms with van der Waals surface area (Å²) >= 11 is 9.13. The van der Waals surface area contributed by atoms with Gasteiger partial charge in [-0.2, -0.15) is 0 Å². The van der Waals surface area contributed by atoms with Crippen LogP contribution in [0.3, 0.4) is 0 Å². The first-order valence-corrected chi connectivity index (χ1v) is 9.55. The Morgan fingerprint density at radius 1 is 1.19 bits per heavy atom. The Kier molecular flexibility index (Phi) is 5.90. The van der Waals surface area contributed by atoms with Crippen molar-refractivity contribution in [1.82, 2.24) is 14.7 Å². The Balaban J connectivity index is 1.47. The SMILES string of the molecule is S=C1SCN(Cc2cccs2)CN1CCN1CCOCC1. The molecular formula is C14H21N3OS3. The summed E-state index contributed by atoms with van der Waals surface area (Å²) in [5.41, 5.74) is 0.